The highest BCUT2D eigenvalue weighted by molar-refractivity contribution is 6.30. The van der Waals surface area contributed by atoms with E-state index < -0.39 is 0 Å². The monoisotopic (exact) mass is 242 g/mol. The molecule has 3 N–H and O–H groups in total. The van der Waals surface area contributed by atoms with Crippen LogP contribution in [0.1, 0.15) is 10.4 Å². The largest absolute Gasteiger partial charge is 0.378 e. The zero-order valence-corrected chi connectivity index (χ0v) is 9.67. The number of benzene rings is 1. The lowest BCUT2D eigenvalue weighted by Gasteiger charge is -2.05. The standard InChI is InChI=1S/C11H15ClN2O2/c12-10-3-1-2-9(8-10)11(15)14-5-7-16-6-4-13/h1-3,8H,4-7,13H2,(H,14,15). The molecule has 0 aromatic heterocycles. The van der Waals surface area contributed by atoms with E-state index in [-0.39, 0.29) is 5.91 Å². The second kappa shape index (κ2) is 7.22. The van der Waals surface area contributed by atoms with Crippen LogP contribution in [-0.4, -0.2) is 32.2 Å². The van der Waals surface area contributed by atoms with Crippen LogP contribution in [0.3, 0.4) is 0 Å². The summed E-state index contributed by atoms with van der Waals surface area (Å²) < 4.78 is 5.13. The molecule has 1 rings (SSSR count). The molecule has 4 nitrogen and oxygen atoms in total. The minimum atomic E-state index is -0.154. The number of ether oxygens (including phenoxy) is 1. The highest BCUT2D eigenvalue weighted by Crippen LogP contribution is 2.10. The summed E-state index contributed by atoms with van der Waals surface area (Å²) in [6.07, 6.45) is 0. The lowest BCUT2D eigenvalue weighted by molar-refractivity contribution is 0.0920. The zero-order valence-electron chi connectivity index (χ0n) is 8.91. The fraction of sp³-hybridized carbons (Fsp3) is 0.364. The normalized spacial score (nSPS) is 10.1. The van der Waals surface area contributed by atoms with Crippen LogP contribution in [0.25, 0.3) is 0 Å². The van der Waals surface area contributed by atoms with Gasteiger partial charge in [0.2, 0.25) is 0 Å². The lowest BCUT2D eigenvalue weighted by atomic mass is 10.2. The van der Waals surface area contributed by atoms with Crippen LogP contribution in [0.2, 0.25) is 5.02 Å². The van der Waals surface area contributed by atoms with E-state index in [1.165, 1.54) is 0 Å². The summed E-state index contributed by atoms with van der Waals surface area (Å²) in [6, 6.07) is 6.80. The third-order valence-corrected chi connectivity index (χ3v) is 2.12. The zero-order chi connectivity index (χ0) is 11.8. The fourth-order valence-corrected chi connectivity index (χ4v) is 1.34. The van der Waals surface area contributed by atoms with Crippen LogP contribution in [0.15, 0.2) is 24.3 Å². The van der Waals surface area contributed by atoms with Gasteiger partial charge >= 0.3 is 0 Å². The number of hydrogen-bond donors (Lipinski definition) is 2. The van der Waals surface area contributed by atoms with Gasteiger partial charge in [0.25, 0.3) is 5.91 Å². The molecule has 0 heterocycles. The van der Waals surface area contributed by atoms with E-state index in [1.807, 2.05) is 0 Å². The van der Waals surface area contributed by atoms with Crippen molar-refractivity contribution in [2.45, 2.75) is 0 Å². The molecule has 0 aliphatic carbocycles. The van der Waals surface area contributed by atoms with E-state index in [1.54, 1.807) is 24.3 Å². The highest BCUT2D eigenvalue weighted by atomic mass is 35.5. The Morgan fingerprint density at radius 2 is 2.25 bits per heavy atom. The predicted octanol–water partition coefficient (Wildman–Crippen LogP) is 1.05. The molecule has 0 aliphatic heterocycles. The molecule has 0 fully saturated rings. The second-order valence-corrected chi connectivity index (χ2v) is 3.60. The van der Waals surface area contributed by atoms with Crippen molar-refractivity contribution in [2.24, 2.45) is 5.73 Å². The van der Waals surface area contributed by atoms with E-state index >= 15 is 0 Å². The fourth-order valence-electron chi connectivity index (χ4n) is 1.15. The van der Waals surface area contributed by atoms with Gasteiger partial charge in [-0.2, -0.15) is 0 Å². The Morgan fingerprint density at radius 3 is 2.94 bits per heavy atom. The van der Waals surface area contributed by atoms with Crippen molar-refractivity contribution in [3.63, 3.8) is 0 Å². The van der Waals surface area contributed by atoms with E-state index in [0.29, 0.717) is 36.9 Å². The maximum absolute atomic E-state index is 11.6. The Bertz CT molecular complexity index is 345. The van der Waals surface area contributed by atoms with Crippen LogP contribution in [0.5, 0.6) is 0 Å². The number of nitrogens with one attached hydrogen (secondary N) is 1. The van der Waals surface area contributed by atoms with Crippen LogP contribution >= 0.6 is 11.6 Å². The van der Waals surface area contributed by atoms with E-state index in [0.717, 1.165) is 0 Å². The molecule has 0 spiro atoms. The number of hydrogen-bond acceptors (Lipinski definition) is 3. The molecule has 0 aliphatic rings. The first-order chi connectivity index (χ1) is 7.74. The topological polar surface area (TPSA) is 64.3 Å². The number of rotatable bonds is 6. The Hall–Kier alpha value is -1.10. The van der Waals surface area contributed by atoms with Gasteiger partial charge < -0.3 is 15.8 Å². The van der Waals surface area contributed by atoms with Gasteiger partial charge in [0.15, 0.2) is 0 Å². The van der Waals surface area contributed by atoms with Gasteiger partial charge in [0.05, 0.1) is 13.2 Å². The lowest BCUT2D eigenvalue weighted by Crippen LogP contribution is -2.27. The van der Waals surface area contributed by atoms with Crippen molar-refractivity contribution < 1.29 is 9.53 Å². The van der Waals surface area contributed by atoms with E-state index in [9.17, 15) is 4.79 Å². The van der Waals surface area contributed by atoms with Crippen molar-refractivity contribution >= 4 is 17.5 Å². The number of nitrogens with two attached hydrogens (primary N) is 1. The number of halogens is 1. The van der Waals surface area contributed by atoms with Crippen molar-refractivity contribution in [2.75, 3.05) is 26.3 Å². The van der Waals surface area contributed by atoms with Gasteiger partial charge in [-0.05, 0) is 18.2 Å². The second-order valence-electron chi connectivity index (χ2n) is 3.17. The van der Waals surface area contributed by atoms with E-state index in [2.05, 4.69) is 5.32 Å². The summed E-state index contributed by atoms with van der Waals surface area (Å²) in [5.74, 6) is -0.154. The Balaban J connectivity index is 2.30. The first-order valence-corrected chi connectivity index (χ1v) is 5.43. The molecule has 1 aromatic rings. The Kier molecular flexibility index (Phi) is 5.85. The summed E-state index contributed by atoms with van der Waals surface area (Å²) in [6.45, 7) is 1.92. The molecule has 1 aromatic carbocycles. The van der Waals surface area contributed by atoms with Crippen LogP contribution in [0.4, 0.5) is 0 Å². The third kappa shape index (κ3) is 4.61. The van der Waals surface area contributed by atoms with Crippen LogP contribution in [-0.2, 0) is 4.74 Å². The van der Waals surface area contributed by atoms with Gasteiger partial charge in [-0.3, -0.25) is 4.79 Å². The highest BCUT2D eigenvalue weighted by Gasteiger charge is 2.04. The minimum Gasteiger partial charge on any atom is -0.378 e. The van der Waals surface area contributed by atoms with Crippen molar-refractivity contribution in [1.82, 2.24) is 5.32 Å². The first kappa shape index (κ1) is 13.0. The van der Waals surface area contributed by atoms with Gasteiger partial charge in [-0.25, -0.2) is 0 Å². The van der Waals surface area contributed by atoms with Gasteiger partial charge in [-0.1, -0.05) is 17.7 Å². The number of carbonyl (C=O) groups is 1. The molecular formula is C11H15ClN2O2. The first-order valence-electron chi connectivity index (χ1n) is 5.05. The maximum atomic E-state index is 11.6. The summed E-state index contributed by atoms with van der Waals surface area (Å²) in [7, 11) is 0. The number of carbonyl (C=O) groups excluding carboxylic acids is 1. The molecule has 88 valence electrons. The Labute approximate surface area is 99.7 Å². The predicted molar refractivity (Wildman–Crippen MR) is 63.7 cm³/mol. The molecule has 0 unspecified atom stereocenters. The molecule has 0 saturated heterocycles. The summed E-state index contributed by atoms with van der Waals surface area (Å²) >= 11 is 5.77. The van der Waals surface area contributed by atoms with Crippen LogP contribution in [0, 0.1) is 0 Å². The van der Waals surface area contributed by atoms with Gasteiger partial charge in [0, 0.05) is 23.7 Å². The smallest absolute Gasteiger partial charge is 0.251 e. The summed E-state index contributed by atoms with van der Waals surface area (Å²) in [4.78, 5) is 11.6. The average molecular weight is 243 g/mol. The molecule has 5 heteroatoms. The van der Waals surface area contributed by atoms with Crippen molar-refractivity contribution in [1.29, 1.82) is 0 Å². The Morgan fingerprint density at radius 1 is 1.44 bits per heavy atom. The average Bonchev–Trinajstić information content (AvgIpc) is 2.28. The van der Waals surface area contributed by atoms with Gasteiger partial charge in [-0.15, -0.1) is 0 Å². The van der Waals surface area contributed by atoms with Crippen molar-refractivity contribution in [3.05, 3.63) is 34.9 Å². The molecule has 0 bridgehead atoms. The maximum Gasteiger partial charge on any atom is 0.251 e. The van der Waals surface area contributed by atoms with Crippen molar-refractivity contribution in [3.8, 4) is 0 Å². The molecule has 0 atom stereocenters. The van der Waals surface area contributed by atoms with Gasteiger partial charge in [0.1, 0.15) is 0 Å². The number of amides is 1. The van der Waals surface area contributed by atoms with E-state index in [4.69, 9.17) is 22.1 Å². The quantitative estimate of drug-likeness (QED) is 0.733. The third-order valence-electron chi connectivity index (χ3n) is 1.88. The summed E-state index contributed by atoms with van der Waals surface area (Å²) in [5, 5.41) is 3.27. The molecular weight excluding hydrogens is 228 g/mol. The summed E-state index contributed by atoms with van der Waals surface area (Å²) in [5.41, 5.74) is 5.80. The molecule has 0 saturated carbocycles. The minimum absolute atomic E-state index is 0.154. The molecule has 16 heavy (non-hydrogen) atoms. The van der Waals surface area contributed by atoms with Crippen LogP contribution < -0.4 is 11.1 Å². The molecule has 0 radical (unpaired) electrons. The SMILES string of the molecule is NCCOCCNC(=O)c1cccc(Cl)c1. The molecule has 1 amide bonds.